The highest BCUT2D eigenvalue weighted by Crippen LogP contribution is 2.30. The number of hydrogen-bond acceptors (Lipinski definition) is 5. The number of benzene rings is 3. The fourth-order valence-electron chi connectivity index (χ4n) is 3.74. The molecular weight excluding hydrogens is 541 g/mol. The van der Waals surface area contributed by atoms with Gasteiger partial charge in [-0.25, -0.2) is 8.42 Å². The molecule has 0 bridgehead atoms. The van der Waals surface area contributed by atoms with Crippen molar-refractivity contribution in [2.75, 3.05) is 24.6 Å². The predicted molar refractivity (Wildman–Crippen MR) is 145 cm³/mol. The van der Waals surface area contributed by atoms with Gasteiger partial charge in [0, 0.05) is 30.8 Å². The van der Waals surface area contributed by atoms with E-state index in [1.165, 1.54) is 39.9 Å². The van der Waals surface area contributed by atoms with Crippen LogP contribution in [0.2, 0.25) is 10.0 Å². The molecule has 1 heterocycles. The predicted octanol–water partition coefficient (Wildman–Crippen LogP) is 5.61. The van der Waals surface area contributed by atoms with Crippen LogP contribution in [0.1, 0.15) is 17.3 Å². The number of para-hydroxylation sites is 1. The first-order valence-corrected chi connectivity index (χ1v) is 14.0. The molecule has 188 valence electrons. The van der Waals surface area contributed by atoms with Gasteiger partial charge in [-0.2, -0.15) is 4.99 Å². The Morgan fingerprint density at radius 1 is 1.08 bits per heavy atom. The topological polar surface area (TPSA) is 81.0 Å². The van der Waals surface area contributed by atoms with Crippen LogP contribution >= 0.6 is 34.5 Å². The lowest BCUT2D eigenvalue weighted by molar-refractivity contribution is 0.0997. The van der Waals surface area contributed by atoms with E-state index in [4.69, 9.17) is 27.9 Å². The van der Waals surface area contributed by atoms with Crippen LogP contribution in [-0.2, 0) is 21.3 Å². The summed E-state index contributed by atoms with van der Waals surface area (Å²) in [6, 6.07) is 18.0. The molecule has 0 saturated heterocycles. The summed E-state index contributed by atoms with van der Waals surface area (Å²) in [5, 5.41) is 0.936. The van der Waals surface area contributed by atoms with Crippen molar-refractivity contribution in [3.8, 4) is 0 Å². The Labute approximate surface area is 223 Å². The highest BCUT2D eigenvalue weighted by molar-refractivity contribution is 7.92. The van der Waals surface area contributed by atoms with Crippen molar-refractivity contribution in [2.45, 2.75) is 18.4 Å². The molecule has 3 aromatic carbocycles. The number of methoxy groups -OCH3 is 1. The van der Waals surface area contributed by atoms with E-state index < -0.39 is 15.9 Å². The second kappa shape index (κ2) is 11.1. The van der Waals surface area contributed by atoms with Crippen LogP contribution in [0.15, 0.2) is 76.6 Å². The van der Waals surface area contributed by atoms with E-state index in [1.54, 1.807) is 50.4 Å². The largest absolute Gasteiger partial charge is 0.383 e. The number of hydrogen-bond donors (Lipinski definition) is 0. The van der Waals surface area contributed by atoms with E-state index in [0.717, 1.165) is 10.2 Å². The maximum absolute atomic E-state index is 13.2. The number of carbonyl (C=O) groups excluding carboxylic acids is 1. The number of rotatable bonds is 8. The quantitative estimate of drug-likeness (QED) is 0.279. The third-order valence-corrected chi connectivity index (χ3v) is 8.88. The third-order valence-electron chi connectivity index (χ3n) is 5.43. The molecule has 0 radical (unpaired) electrons. The van der Waals surface area contributed by atoms with Crippen LogP contribution in [0.5, 0.6) is 0 Å². The number of fused-ring (bicyclic) bond motifs is 1. The van der Waals surface area contributed by atoms with Gasteiger partial charge in [0.05, 0.1) is 32.4 Å². The van der Waals surface area contributed by atoms with Gasteiger partial charge in [-0.05, 0) is 55.5 Å². The first-order valence-electron chi connectivity index (χ1n) is 11.0. The standard InChI is InChI=1S/C25H23Cl2N3O4S2/c1-3-30(19-7-5-4-6-8-19)36(32,33)20-11-9-17(10-12-20)24(31)28-25-29(13-14-34-2)23-21(27)15-18(26)16-22(23)35-25/h4-12,15-16H,3,13-14H2,1-2H3. The fourth-order valence-corrected chi connectivity index (χ4v) is 7.05. The van der Waals surface area contributed by atoms with Crippen molar-refractivity contribution in [1.29, 1.82) is 0 Å². The summed E-state index contributed by atoms with van der Waals surface area (Å²) in [5.74, 6) is -0.505. The fraction of sp³-hybridized carbons (Fsp3) is 0.200. The molecule has 0 aliphatic rings. The van der Waals surface area contributed by atoms with Crippen LogP contribution in [-0.4, -0.2) is 39.2 Å². The molecule has 11 heteroatoms. The van der Waals surface area contributed by atoms with E-state index in [1.807, 2.05) is 10.6 Å². The van der Waals surface area contributed by atoms with E-state index in [9.17, 15) is 13.2 Å². The maximum Gasteiger partial charge on any atom is 0.279 e. The van der Waals surface area contributed by atoms with E-state index in [-0.39, 0.29) is 17.0 Å². The van der Waals surface area contributed by atoms with Gasteiger partial charge in [0.2, 0.25) is 0 Å². The van der Waals surface area contributed by atoms with Gasteiger partial charge in [-0.1, -0.05) is 52.7 Å². The molecule has 4 aromatic rings. The molecule has 36 heavy (non-hydrogen) atoms. The lowest BCUT2D eigenvalue weighted by atomic mass is 10.2. The van der Waals surface area contributed by atoms with Crippen molar-refractivity contribution in [3.63, 3.8) is 0 Å². The van der Waals surface area contributed by atoms with Gasteiger partial charge in [0.15, 0.2) is 4.80 Å². The minimum Gasteiger partial charge on any atom is -0.383 e. The van der Waals surface area contributed by atoms with Crippen LogP contribution in [0.4, 0.5) is 5.69 Å². The molecule has 0 saturated carbocycles. The number of thiazole rings is 1. The molecule has 0 unspecified atom stereocenters. The Balaban J connectivity index is 1.69. The molecule has 0 aliphatic heterocycles. The molecule has 4 rings (SSSR count). The van der Waals surface area contributed by atoms with Gasteiger partial charge in [-0.3, -0.25) is 9.10 Å². The minimum atomic E-state index is -3.80. The summed E-state index contributed by atoms with van der Waals surface area (Å²) < 4.78 is 35.6. The summed E-state index contributed by atoms with van der Waals surface area (Å²) in [7, 11) is -2.21. The number of nitrogens with zero attached hydrogens (tertiary/aromatic N) is 3. The van der Waals surface area contributed by atoms with Crippen molar-refractivity contribution >= 4 is 66.4 Å². The Morgan fingerprint density at radius 2 is 1.78 bits per heavy atom. The number of aromatic nitrogens is 1. The van der Waals surface area contributed by atoms with Crippen LogP contribution in [0.3, 0.4) is 0 Å². The molecule has 1 amide bonds. The second-order valence-electron chi connectivity index (χ2n) is 7.71. The Hall–Kier alpha value is -2.69. The van der Waals surface area contributed by atoms with Gasteiger partial charge in [0.25, 0.3) is 15.9 Å². The molecule has 0 N–H and O–H groups in total. The first kappa shape index (κ1) is 26.4. The van der Waals surface area contributed by atoms with Gasteiger partial charge >= 0.3 is 0 Å². The number of carbonyl (C=O) groups is 1. The number of anilines is 1. The van der Waals surface area contributed by atoms with Gasteiger partial charge < -0.3 is 9.30 Å². The summed E-state index contributed by atoms with van der Waals surface area (Å²) in [4.78, 5) is 17.8. The summed E-state index contributed by atoms with van der Waals surface area (Å²) >= 11 is 13.9. The summed E-state index contributed by atoms with van der Waals surface area (Å²) in [6.07, 6.45) is 0. The number of halogens is 2. The molecule has 0 fully saturated rings. The van der Waals surface area contributed by atoms with E-state index in [2.05, 4.69) is 4.99 Å². The van der Waals surface area contributed by atoms with Gasteiger partial charge in [0.1, 0.15) is 0 Å². The average molecular weight is 565 g/mol. The van der Waals surface area contributed by atoms with Gasteiger partial charge in [-0.15, -0.1) is 0 Å². The second-order valence-corrected chi connectivity index (χ2v) is 11.4. The number of sulfonamides is 1. The zero-order valence-corrected chi connectivity index (χ0v) is 22.7. The highest BCUT2D eigenvalue weighted by Gasteiger charge is 2.23. The van der Waals surface area contributed by atoms with Crippen molar-refractivity contribution < 1.29 is 17.9 Å². The highest BCUT2D eigenvalue weighted by atomic mass is 35.5. The molecule has 0 aliphatic carbocycles. The van der Waals surface area contributed by atoms with E-state index in [0.29, 0.717) is 33.7 Å². The van der Waals surface area contributed by atoms with E-state index >= 15 is 0 Å². The number of ether oxygens (including phenoxy) is 1. The zero-order valence-electron chi connectivity index (χ0n) is 19.5. The smallest absolute Gasteiger partial charge is 0.279 e. The Kier molecular flexibility index (Phi) is 8.17. The lowest BCUT2D eigenvalue weighted by Gasteiger charge is -2.22. The molecular formula is C25H23Cl2N3O4S2. The van der Waals surface area contributed by atoms with Crippen LogP contribution in [0.25, 0.3) is 10.2 Å². The maximum atomic E-state index is 13.2. The minimum absolute atomic E-state index is 0.0863. The Morgan fingerprint density at radius 3 is 2.42 bits per heavy atom. The summed E-state index contributed by atoms with van der Waals surface area (Å²) in [5.41, 5.74) is 1.55. The SMILES string of the molecule is CCN(c1ccccc1)S(=O)(=O)c1ccc(C(=O)N=c2sc3cc(Cl)cc(Cl)c3n2CCOC)cc1. The molecule has 1 aromatic heterocycles. The normalized spacial score (nSPS) is 12.3. The Bertz CT molecular complexity index is 1560. The average Bonchev–Trinajstić information content (AvgIpc) is 3.20. The summed E-state index contributed by atoms with van der Waals surface area (Å²) in [6.45, 7) is 2.87. The molecule has 7 nitrogen and oxygen atoms in total. The van der Waals surface area contributed by atoms with Crippen LogP contribution in [0, 0.1) is 0 Å². The monoisotopic (exact) mass is 563 g/mol. The van der Waals surface area contributed by atoms with Crippen molar-refractivity contribution in [1.82, 2.24) is 4.57 Å². The molecule has 0 spiro atoms. The third kappa shape index (κ3) is 5.35. The lowest BCUT2D eigenvalue weighted by Crippen LogP contribution is -2.30. The van der Waals surface area contributed by atoms with Crippen LogP contribution < -0.4 is 9.11 Å². The number of amides is 1. The first-order chi connectivity index (χ1) is 17.3. The van der Waals surface area contributed by atoms with Crippen molar-refractivity contribution in [3.05, 3.63) is 87.1 Å². The van der Waals surface area contributed by atoms with Crippen molar-refractivity contribution in [2.24, 2.45) is 4.99 Å². The zero-order chi connectivity index (χ0) is 25.9. The molecule has 0 atom stereocenters.